The molecule has 3 rings (SSSR count). The normalized spacial score (nSPS) is 41.0. The monoisotopic (exact) mass is 280 g/mol. The fraction of sp³-hybridized carbons (Fsp3) is 0.938. The van der Waals surface area contributed by atoms with Gasteiger partial charge in [0.1, 0.15) is 5.54 Å². The van der Waals surface area contributed by atoms with Crippen molar-refractivity contribution in [1.29, 1.82) is 0 Å². The van der Waals surface area contributed by atoms with Crippen molar-refractivity contribution in [3.8, 4) is 0 Å². The standard InChI is InChI=1S/C16H28N2O2/c1-14(2)12-11(6-4-9-20-12)16(14,17)13(19)18-10-15(3)7-5-8-15/h11-12H,4-10,17H2,1-3H3,(H,18,19). The minimum Gasteiger partial charge on any atom is -0.377 e. The Labute approximate surface area is 121 Å². The van der Waals surface area contributed by atoms with Crippen molar-refractivity contribution in [2.45, 2.75) is 64.5 Å². The predicted octanol–water partition coefficient (Wildman–Crippen LogP) is 1.83. The fourth-order valence-corrected chi connectivity index (χ4v) is 4.43. The van der Waals surface area contributed by atoms with E-state index >= 15 is 0 Å². The molecule has 0 aromatic rings. The van der Waals surface area contributed by atoms with Gasteiger partial charge in [-0.25, -0.2) is 0 Å². The molecule has 114 valence electrons. The first kappa shape index (κ1) is 14.3. The van der Waals surface area contributed by atoms with Crippen molar-refractivity contribution in [2.75, 3.05) is 13.2 Å². The molecule has 2 aliphatic carbocycles. The van der Waals surface area contributed by atoms with Crippen molar-refractivity contribution in [2.24, 2.45) is 22.5 Å². The Bertz CT molecular complexity index is 417. The van der Waals surface area contributed by atoms with Crippen LogP contribution in [0.5, 0.6) is 0 Å². The summed E-state index contributed by atoms with van der Waals surface area (Å²) in [5.74, 6) is 0.211. The predicted molar refractivity (Wildman–Crippen MR) is 78.1 cm³/mol. The number of hydrogen-bond acceptors (Lipinski definition) is 3. The Kier molecular flexibility index (Phi) is 3.18. The zero-order valence-electron chi connectivity index (χ0n) is 13.0. The van der Waals surface area contributed by atoms with Gasteiger partial charge in [-0.1, -0.05) is 27.2 Å². The van der Waals surface area contributed by atoms with Crippen LogP contribution in [0.15, 0.2) is 0 Å². The highest BCUT2D eigenvalue weighted by atomic mass is 16.5. The summed E-state index contributed by atoms with van der Waals surface area (Å²) in [5, 5.41) is 3.14. The largest absolute Gasteiger partial charge is 0.377 e. The second-order valence-electron chi connectivity index (χ2n) is 7.98. The third kappa shape index (κ3) is 1.77. The van der Waals surface area contributed by atoms with E-state index in [0.29, 0.717) is 5.41 Å². The van der Waals surface area contributed by atoms with Crippen molar-refractivity contribution in [3.63, 3.8) is 0 Å². The SMILES string of the molecule is CC1(CNC(=O)C2(N)C3CCCOC3C2(C)C)CCC1. The molecule has 3 atom stereocenters. The maximum absolute atomic E-state index is 12.7. The van der Waals surface area contributed by atoms with Crippen molar-refractivity contribution >= 4 is 5.91 Å². The van der Waals surface area contributed by atoms with Gasteiger partial charge in [-0.15, -0.1) is 0 Å². The Balaban J connectivity index is 1.69. The van der Waals surface area contributed by atoms with Crippen LogP contribution < -0.4 is 11.1 Å². The van der Waals surface area contributed by atoms with E-state index in [9.17, 15) is 4.79 Å². The van der Waals surface area contributed by atoms with Crippen molar-refractivity contribution < 1.29 is 9.53 Å². The molecule has 1 heterocycles. The molecule has 2 saturated carbocycles. The van der Waals surface area contributed by atoms with E-state index in [-0.39, 0.29) is 23.3 Å². The van der Waals surface area contributed by atoms with E-state index < -0.39 is 5.54 Å². The number of nitrogens with one attached hydrogen (secondary N) is 1. The molecule has 3 N–H and O–H groups in total. The first-order valence-corrected chi connectivity index (χ1v) is 8.00. The number of carbonyl (C=O) groups excluding carboxylic acids is 1. The summed E-state index contributed by atoms with van der Waals surface area (Å²) in [5.41, 5.74) is 5.83. The summed E-state index contributed by atoms with van der Waals surface area (Å²) < 4.78 is 5.86. The molecule has 0 aromatic heterocycles. The number of amides is 1. The van der Waals surface area contributed by atoms with Gasteiger partial charge in [-0.05, 0) is 31.1 Å². The first-order valence-electron chi connectivity index (χ1n) is 8.00. The summed E-state index contributed by atoms with van der Waals surface area (Å²) in [6, 6.07) is 0. The van der Waals surface area contributed by atoms with E-state index in [2.05, 4.69) is 26.1 Å². The quantitative estimate of drug-likeness (QED) is 0.829. The second-order valence-corrected chi connectivity index (χ2v) is 7.98. The first-order chi connectivity index (χ1) is 9.31. The summed E-state index contributed by atoms with van der Waals surface area (Å²) in [4.78, 5) is 12.7. The van der Waals surface area contributed by atoms with Crippen molar-refractivity contribution in [3.05, 3.63) is 0 Å². The minimum atomic E-state index is -0.766. The molecule has 0 spiro atoms. The number of fused-ring (bicyclic) bond motifs is 1. The molecule has 1 amide bonds. The Morgan fingerprint density at radius 2 is 2.00 bits per heavy atom. The Hall–Kier alpha value is -0.610. The van der Waals surface area contributed by atoms with Gasteiger partial charge in [0.05, 0.1) is 6.10 Å². The van der Waals surface area contributed by atoms with Crippen LogP contribution in [0.2, 0.25) is 0 Å². The number of nitrogens with two attached hydrogens (primary N) is 1. The molecule has 1 aliphatic heterocycles. The van der Waals surface area contributed by atoms with Crippen LogP contribution in [0.3, 0.4) is 0 Å². The Morgan fingerprint density at radius 1 is 1.30 bits per heavy atom. The highest BCUT2D eigenvalue weighted by Gasteiger charge is 2.70. The third-order valence-corrected chi connectivity index (χ3v) is 6.30. The van der Waals surface area contributed by atoms with Crippen LogP contribution in [0.4, 0.5) is 0 Å². The third-order valence-electron chi connectivity index (χ3n) is 6.30. The number of hydrogen-bond donors (Lipinski definition) is 2. The molecular formula is C16H28N2O2. The smallest absolute Gasteiger partial charge is 0.241 e. The van der Waals surface area contributed by atoms with Crippen molar-refractivity contribution in [1.82, 2.24) is 5.32 Å². The van der Waals surface area contributed by atoms with E-state index in [0.717, 1.165) is 26.0 Å². The van der Waals surface area contributed by atoms with E-state index in [1.165, 1.54) is 19.3 Å². The molecule has 1 saturated heterocycles. The molecule has 3 aliphatic rings. The zero-order chi connectivity index (χ0) is 14.6. The fourth-order valence-electron chi connectivity index (χ4n) is 4.43. The summed E-state index contributed by atoms with van der Waals surface area (Å²) in [6.07, 6.45) is 5.87. The highest BCUT2D eigenvalue weighted by Crippen LogP contribution is 2.57. The summed E-state index contributed by atoms with van der Waals surface area (Å²) in [7, 11) is 0. The van der Waals surface area contributed by atoms with Gasteiger partial charge >= 0.3 is 0 Å². The molecule has 4 heteroatoms. The average molecular weight is 280 g/mol. The van der Waals surface area contributed by atoms with Crippen LogP contribution in [0.25, 0.3) is 0 Å². The molecule has 4 nitrogen and oxygen atoms in total. The lowest BCUT2D eigenvalue weighted by Gasteiger charge is -2.65. The minimum absolute atomic E-state index is 0.0300. The number of carbonyl (C=O) groups is 1. The second kappa shape index (κ2) is 4.44. The van der Waals surface area contributed by atoms with Gasteiger partial charge in [0.2, 0.25) is 5.91 Å². The Morgan fingerprint density at radius 3 is 2.60 bits per heavy atom. The lowest BCUT2D eigenvalue weighted by atomic mass is 9.46. The molecule has 3 fully saturated rings. The van der Waals surface area contributed by atoms with Crippen LogP contribution in [-0.2, 0) is 9.53 Å². The van der Waals surface area contributed by atoms with E-state index in [1.807, 2.05) is 0 Å². The summed E-state index contributed by atoms with van der Waals surface area (Å²) >= 11 is 0. The van der Waals surface area contributed by atoms with E-state index in [4.69, 9.17) is 10.5 Å². The topological polar surface area (TPSA) is 64.4 Å². The molecule has 3 unspecified atom stereocenters. The lowest BCUT2D eigenvalue weighted by Crippen LogP contribution is -2.82. The van der Waals surface area contributed by atoms with Crippen LogP contribution in [0.1, 0.15) is 52.9 Å². The van der Waals surface area contributed by atoms with Crippen LogP contribution in [-0.4, -0.2) is 30.7 Å². The maximum atomic E-state index is 12.7. The van der Waals surface area contributed by atoms with Gasteiger partial charge in [-0.2, -0.15) is 0 Å². The number of ether oxygens (including phenoxy) is 1. The molecular weight excluding hydrogens is 252 g/mol. The van der Waals surface area contributed by atoms with Gasteiger partial charge in [0, 0.05) is 24.5 Å². The number of rotatable bonds is 3. The van der Waals surface area contributed by atoms with Crippen LogP contribution in [0, 0.1) is 16.7 Å². The maximum Gasteiger partial charge on any atom is 0.241 e. The molecule has 0 radical (unpaired) electrons. The van der Waals surface area contributed by atoms with Gasteiger partial charge in [-0.3, -0.25) is 4.79 Å². The van der Waals surface area contributed by atoms with Gasteiger partial charge in [0.15, 0.2) is 0 Å². The summed E-state index contributed by atoms with van der Waals surface area (Å²) in [6.45, 7) is 7.96. The van der Waals surface area contributed by atoms with Gasteiger partial charge < -0.3 is 15.8 Å². The lowest BCUT2D eigenvalue weighted by molar-refractivity contribution is -0.225. The molecule has 20 heavy (non-hydrogen) atoms. The zero-order valence-corrected chi connectivity index (χ0v) is 13.0. The molecule has 0 bridgehead atoms. The highest BCUT2D eigenvalue weighted by molar-refractivity contribution is 5.89. The van der Waals surface area contributed by atoms with Crippen LogP contribution >= 0.6 is 0 Å². The van der Waals surface area contributed by atoms with Gasteiger partial charge in [0.25, 0.3) is 0 Å². The average Bonchev–Trinajstić information content (AvgIpc) is 2.41. The van der Waals surface area contributed by atoms with E-state index in [1.54, 1.807) is 0 Å². The molecule has 0 aromatic carbocycles.